The Hall–Kier alpha value is -2.89. The van der Waals surface area contributed by atoms with Crippen LogP contribution >= 0.6 is 0 Å². The summed E-state index contributed by atoms with van der Waals surface area (Å²) >= 11 is 0. The Morgan fingerprint density at radius 3 is 1.71 bits per heavy atom. The van der Waals surface area contributed by atoms with Gasteiger partial charge >= 0.3 is 11.9 Å². The minimum absolute atomic E-state index is 0.00463. The highest BCUT2D eigenvalue weighted by Crippen LogP contribution is 2.17. The number of carbonyl (C=O) groups is 2. The smallest absolute Gasteiger partial charge is 0.326 e. The minimum Gasteiger partial charge on any atom is -0.480 e. The maximum absolute atomic E-state index is 13.3. The van der Waals surface area contributed by atoms with Gasteiger partial charge < -0.3 is 15.9 Å². The fourth-order valence-electron chi connectivity index (χ4n) is 2.03. The van der Waals surface area contributed by atoms with Gasteiger partial charge in [-0.3, -0.25) is 9.59 Å². The van der Waals surface area contributed by atoms with Crippen molar-refractivity contribution in [1.82, 2.24) is 4.72 Å². The average molecular weight is 416 g/mol. The van der Waals surface area contributed by atoms with Crippen LogP contribution in [0.3, 0.4) is 0 Å². The quantitative estimate of drug-likeness (QED) is 0.557. The zero-order valence-electron chi connectivity index (χ0n) is 14.5. The van der Waals surface area contributed by atoms with E-state index < -0.39 is 45.7 Å². The second-order valence-corrected chi connectivity index (χ2v) is 7.30. The lowest BCUT2D eigenvalue weighted by molar-refractivity contribution is -0.140. The van der Waals surface area contributed by atoms with Crippen LogP contribution in [0.25, 0.3) is 0 Å². The van der Waals surface area contributed by atoms with E-state index in [0.717, 1.165) is 12.3 Å². The maximum Gasteiger partial charge on any atom is 0.326 e. The number of carboxylic acids is 2. The second kappa shape index (κ2) is 9.88. The van der Waals surface area contributed by atoms with Crippen LogP contribution in [0.2, 0.25) is 0 Å². The molecule has 0 aliphatic carbocycles. The van der Waals surface area contributed by atoms with E-state index in [2.05, 4.69) is 0 Å². The van der Waals surface area contributed by atoms with Crippen molar-refractivity contribution in [3.05, 3.63) is 71.3 Å². The van der Waals surface area contributed by atoms with E-state index in [0.29, 0.717) is 0 Å². The first-order valence-electron chi connectivity index (χ1n) is 7.61. The maximum atomic E-state index is 13.3. The third kappa shape index (κ3) is 7.02. The monoisotopic (exact) mass is 416 g/mol. The first-order chi connectivity index (χ1) is 12.9. The Kier molecular flexibility index (Phi) is 8.16. The minimum atomic E-state index is -3.73. The van der Waals surface area contributed by atoms with Crippen LogP contribution in [0, 0.1) is 11.6 Å². The van der Waals surface area contributed by atoms with Crippen molar-refractivity contribution in [2.75, 3.05) is 6.26 Å². The van der Waals surface area contributed by atoms with Gasteiger partial charge in [0.15, 0.2) is 0 Å². The summed E-state index contributed by atoms with van der Waals surface area (Å²) in [6, 6.07) is 7.75. The number of rotatable bonds is 6. The molecule has 11 heteroatoms. The van der Waals surface area contributed by atoms with Gasteiger partial charge in [-0.25, -0.2) is 17.2 Å². The fourth-order valence-corrected chi connectivity index (χ4v) is 2.69. The van der Waals surface area contributed by atoms with Crippen LogP contribution in [0.15, 0.2) is 48.5 Å². The number of sulfonamides is 1. The van der Waals surface area contributed by atoms with E-state index in [1.165, 1.54) is 36.4 Å². The lowest BCUT2D eigenvalue weighted by Crippen LogP contribution is -2.33. The first kappa shape index (κ1) is 23.1. The van der Waals surface area contributed by atoms with Crippen LogP contribution in [0.4, 0.5) is 8.78 Å². The molecule has 0 spiro atoms. The molecule has 2 aromatic rings. The Morgan fingerprint density at radius 2 is 1.36 bits per heavy atom. The molecule has 2 unspecified atom stereocenters. The van der Waals surface area contributed by atoms with Crippen molar-refractivity contribution in [1.29, 1.82) is 0 Å². The van der Waals surface area contributed by atoms with Gasteiger partial charge in [0, 0.05) is 11.1 Å². The molecular formula is C17H18F2N2O6S. The molecule has 0 aliphatic rings. The largest absolute Gasteiger partial charge is 0.480 e. The zero-order chi connectivity index (χ0) is 21.5. The highest BCUT2D eigenvalue weighted by Gasteiger charge is 2.25. The third-order valence-corrected chi connectivity index (χ3v) is 3.97. The summed E-state index contributed by atoms with van der Waals surface area (Å²) < 4.78 is 49.8. The molecular weight excluding hydrogens is 398 g/mol. The molecule has 0 amide bonds. The van der Waals surface area contributed by atoms with E-state index in [4.69, 9.17) is 15.9 Å². The van der Waals surface area contributed by atoms with Crippen molar-refractivity contribution >= 4 is 22.0 Å². The van der Waals surface area contributed by atoms with Crippen LogP contribution in [-0.2, 0) is 19.6 Å². The Balaban J connectivity index is 0.000000292. The lowest BCUT2D eigenvalue weighted by Gasteiger charge is -2.13. The van der Waals surface area contributed by atoms with Crippen LogP contribution in [-0.4, -0.2) is 36.8 Å². The number of nitrogens with one attached hydrogen (secondary N) is 1. The van der Waals surface area contributed by atoms with Crippen molar-refractivity contribution in [2.24, 2.45) is 5.73 Å². The van der Waals surface area contributed by atoms with Crippen molar-refractivity contribution in [3.63, 3.8) is 0 Å². The topological polar surface area (TPSA) is 147 Å². The summed E-state index contributed by atoms with van der Waals surface area (Å²) in [6.07, 6.45) is 0.809. The Morgan fingerprint density at radius 1 is 0.929 bits per heavy atom. The predicted octanol–water partition coefficient (Wildman–Crippen LogP) is 1.41. The van der Waals surface area contributed by atoms with Gasteiger partial charge in [0.1, 0.15) is 23.7 Å². The summed E-state index contributed by atoms with van der Waals surface area (Å²) in [5, 5.41) is 17.3. The van der Waals surface area contributed by atoms with Gasteiger partial charge in [0.25, 0.3) is 0 Å². The fraction of sp³-hybridized carbons (Fsp3) is 0.176. The summed E-state index contributed by atoms with van der Waals surface area (Å²) in [6.45, 7) is 0. The van der Waals surface area contributed by atoms with Gasteiger partial charge in [0.2, 0.25) is 10.0 Å². The molecule has 28 heavy (non-hydrogen) atoms. The molecule has 5 N–H and O–H groups in total. The Labute approximate surface area is 159 Å². The highest BCUT2D eigenvalue weighted by molar-refractivity contribution is 7.88. The van der Waals surface area contributed by atoms with Crippen molar-refractivity contribution in [2.45, 2.75) is 12.1 Å². The Bertz CT molecular complexity index is 952. The molecule has 0 aromatic heterocycles. The summed E-state index contributed by atoms with van der Waals surface area (Å²) in [4.78, 5) is 21.2. The first-order valence-corrected chi connectivity index (χ1v) is 9.50. The van der Waals surface area contributed by atoms with E-state index in [1.54, 1.807) is 6.07 Å². The molecule has 8 nitrogen and oxygen atoms in total. The number of benzene rings is 2. The normalized spacial score (nSPS) is 13.0. The van der Waals surface area contributed by atoms with Crippen molar-refractivity contribution in [3.8, 4) is 0 Å². The summed E-state index contributed by atoms with van der Waals surface area (Å²) in [5.74, 6) is -4.06. The number of nitrogens with two attached hydrogens (primary N) is 1. The average Bonchev–Trinajstić information content (AvgIpc) is 2.60. The summed E-state index contributed by atoms with van der Waals surface area (Å²) in [5.41, 5.74) is 4.98. The van der Waals surface area contributed by atoms with Gasteiger partial charge in [-0.15, -0.1) is 0 Å². The van der Waals surface area contributed by atoms with Gasteiger partial charge in [-0.1, -0.05) is 36.4 Å². The van der Waals surface area contributed by atoms with E-state index in [9.17, 15) is 26.8 Å². The van der Waals surface area contributed by atoms with Gasteiger partial charge in [0.05, 0.1) is 6.26 Å². The SMILES string of the molecule is CS(=O)(=O)NC(C(=O)O)c1ccccc1F.NC(C(=O)O)c1ccccc1F. The van der Waals surface area contributed by atoms with E-state index in [-0.39, 0.29) is 11.1 Å². The van der Waals surface area contributed by atoms with Gasteiger partial charge in [-0.05, 0) is 12.1 Å². The second-order valence-electron chi connectivity index (χ2n) is 5.52. The zero-order valence-corrected chi connectivity index (χ0v) is 15.4. The molecule has 0 saturated carbocycles. The number of carboxylic acid groups (broad SMARTS) is 2. The molecule has 2 atom stereocenters. The van der Waals surface area contributed by atoms with E-state index in [1.807, 2.05) is 4.72 Å². The molecule has 0 fully saturated rings. The van der Waals surface area contributed by atoms with Gasteiger partial charge in [-0.2, -0.15) is 4.72 Å². The number of halogens is 2. The van der Waals surface area contributed by atoms with Crippen molar-refractivity contribution < 1.29 is 37.0 Å². The number of hydrogen-bond donors (Lipinski definition) is 4. The highest BCUT2D eigenvalue weighted by atomic mass is 32.2. The molecule has 0 bridgehead atoms. The molecule has 152 valence electrons. The van der Waals surface area contributed by atoms with E-state index >= 15 is 0 Å². The van der Waals surface area contributed by atoms with Crippen LogP contribution in [0.5, 0.6) is 0 Å². The van der Waals surface area contributed by atoms with Crippen LogP contribution in [0.1, 0.15) is 23.2 Å². The summed E-state index contributed by atoms with van der Waals surface area (Å²) in [7, 11) is -3.73. The van der Waals surface area contributed by atoms with Crippen LogP contribution < -0.4 is 10.5 Å². The molecule has 0 aliphatic heterocycles. The molecule has 0 heterocycles. The number of hydrogen-bond acceptors (Lipinski definition) is 5. The molecule has 0 saturated heterocycles. The predicted molar refractivity (Wildman–Crippen MR) is 95.7 cm³/mol. The number of aliphatic carboxylic acids is 2. The lowest BCUT2D eigenvalue weighted by atomic mass is 10.1. The molecule has 2 rings (SSSR count). The molecule has 2 aromatic carbocycles. The molecule has 0 radical (unpaired) electrons. The standard InChI is InChI=1S/C9H10FNO4S.C8H8FNO2/c1-16(14,15)11-8(9(12)13)6-4-2-3-5-7(6)10;9-6-4-2-1-3-5(6)7(10)8(11)12/h2-5,8,11H,1H3,(H,12,13);1-4,7H,10H2,(H,11,12). The third-order valence-electron chi connectivity index (χ3n) is 3.30.